The molecular formula is C24H32BBrF4N6O2. The zero-order chi connectivity index (χ0) is 28.8. The van der Waals surface area contributed by atoms with Crippen LogP contribution in [0.25, 0.3) is 0 Å². The van der Waals surface area contributed by atoms with Gasteiger partial charge in [0.15, 0.2) is 11.6 Å². The summed E-state index contributed by atoms with van der Waals surface area (Å²) in [5, 5.41) is 0. The molecule has 0 amide bonds. The Morgan fingerprint density at radius 3 is 1.66 bits per heavy atom. The minimum Gasteiger partial charge on any atom is -0.399 e. The third-order valence-corrected chi connectivity index (χ3v) is 6.31. The Labute approximate surface area is 229 Å². The molecule has 2 aromatic rings. The molecule has 208 valence electrons. The fraction of sp³-hybridized carbons (Fsp3) is 0.500. The summed E-state index contributed by atoms with van der Waals surface area (Å²) in [5.74, 6) is 0.483. The van der Waals surface area contributed by atoms with E-state index in [1.54, 1.807) is 38.0 Å². The average molecular weight is 603 g/mol. The second-order valence-corrected chi connectivity index (χ2v) is 10.7. The van der Waals surface area contributed by atoms with E-state index in [9.17, 15) is 17.6 Å². The van der Waals surface area contributed by atoms with E-state index in [2.05, 4.69) is 35.9 Å². The zero-order valence-corrected chi connectivity index (χ0v) is 24.2. The smallest absolute Gasteiger partial charge is 0.399 e. The molecule has 1 aliphatic rings. The van der Waals surface area contributed by atoms with Crippen molar-refractivity contribution in [3.8, 4) is 0 Å². The minimum absolute atomic E-state index is 0.101. The molecule has 0 saturated carbocycles. The summed E-state index contributed by atoms with van der Waals surface area (Å²) in [4.78, 5) is 19.4. The van der Waals surface area contributed by atoms with Gasteiger partial charge < -0.3 is 19.1 Å². The molecule has 0 spiro atoms. The number of aliphatic imine (C=N–C) groups is 2. The van der Waals surface area contributed by atoms with E-state index < -0.39 is 31.2 Å². The monoisotopic (exact) mass is 602 g/mol. The lowest BCUT2D eigenvalue weighted by Gasteiger charge is -2.32. The van der Waals surface area contributed by atoms with Crippen molar-refractivity contribution in [2.24, 2.45) is 9.98 Å². The van der Waals surface area contributed by atoms with Gasteiger partial charge in [-0.3, -0.25) is 0 Å². The molecule has 0 aromatic carbocycles. The van der Waals surface area contributed by atoms with E-state index in [4.69, 9.17) is 9.31 Å². The van der Waals surface area contributed by atoms with Crippen LogP contribution >= 0.6 is 15.9 Å². The maximum Gasteiger partial charge on any atom is 0.496 e. The summed E-state index contributed by atoms with van der Waals surface area (Å²) in [7, 11) is 6.28. The van der Waals surface area contributed by atoms with Gasteiger partial charge in [0.25, 0.3) is 12.9 Å². The molecule has 0 radical (unpaired) electrons. The number of aromatic nitrogens is 2. The lowest BCUT2D eigenvalue weighted by Crippen LogP contribution is -2.41. The molecule has 38 heavy (non-hydrogen) atoms. The first-order chi connectivity index (χ1) is 17.5. The van der Waals surface area contributed by atoms with Gasteiger partial charge >= 0.3 is 7.12 Å². The topological polar surface area (TPSA) is 75.4 Å². The molecule has 3 heterocycles. The van der Waals surface area contributed by atoms with Crippen LogP contribution in [0, 0.1) is 0 Å². The number of halogens is 5. The SMILES string of the molecule is CN(C)C=Nc1cc(C(F)F)c(B2OC(C)(C)C(C)(C)O2)cn1.CN(C)C=Nc1cc(C(F)F)c(Br)cn1. The summed E-state index contributed by atoms with van der Waals surface area (Å²) in [6, 6.07) is 2.53. The number of nitrogens with zero attached hydrogens (tertiary/aromatic N) is 6. The highest BCUT2D eigenvalue weighted by Crippen LogP contribution is 2.37. The van der Waals surface area contributed by atoms with Crippen molar-refractivity contribution in [2.75, 3.05) is 28.2 Å². The molecule has 0 atom stereocenters. The quantitative estimate of drug-likeness (QED) is 0.179. The maximum absolute atomic E-state index is 13.4. The van der Waals surface area contributed by atoms with Crippen LogP contribution in [0.2, 0.25) is 0 Å². The molecule has 0 bridgehead atoms. The highest BCUT2D eigenvalue weighted by molar-refractivity contribution is 9.10. The molecule has 0 aliphatic carbocycles. The standard InChI is InChI=1S/C15H22BF2N3O2.C9H10BrF2N3/c1-14(2)15(3,4)23-16(22-14)11-8-19-12(20-9-21(5)6)7-10(11)13(17)18;1-15(2)5-14-8-3-6(9(11)12)7(10)4-13-8/h7-9,13H,1-6H3;3-5,9H,1-2H3. The van der Waals surface area contributed by atoms with Crippen LogP contribution in [0.3, 0.4) is 0 Å². The first-order valence-electron chi connectivity index (χ1n) is 11.5. The predicted octanol–water partition coefficient (Wildman–Crippen LogP) is 5.54. The molecule has 0 unspecified atom stereocenters. The Kier molecular flexibility index (Phi) is 10.8. The molecular weight excluding hydrogens is 571 g/mol. The summed E-state index contributed by atoms with van der Waals surface area (Å²) in [6.07, 6.45) is 0.490. The molecule has 8 nitrogen and oxygen atoms in total. The Hall–Kier alpha value is -2.58. The first-order valence-corrected chi connectivity index (χ1v) is 12.3. The number of hydrogen-bond acceptors (Lipinski definition) is 6. The van der Waals surface area contributed by atoms with Gasteiger partial charge in [0.2, 0.25) is 0 Å². The molecule has 3 rings (SSSR count). The molecule has 1 aliphatic heterocycles. The van der Waals surface area contributed by atoms with Crippen molar-refractivity contribution >= 4 is 52.8 Å². The van der Waals surface area contributed by atoms with Crippen molar-refractivity contribution < 1.29 is 26.9 Å². The number of hydrogen-bond donors (Lipinski definition) is 0. The summed E-state index contributed by atoms with van der Waals surface area (Å²) in [5.41, 5.74) is -1.24. The van der Waals surface area contributed by atoms with Gasteiger partial charge in [-0.15, -0.1) is 0 Å². The minimum atomic E-state index is -2.67. The van der Waals surface area contributed by atoms with Crippen LogP contribution in [-0.4, -0.2) is 79.0 Å². The maximum atomic E-state index is 13.4. The van der Waals surface area contributed by atoms with Crippen LogP contribution in [-0.2, 0) is 9.31 Å². The first kappa shape index (κ1) is 31.6. The van der Waals surface area contributed by atoms with Gasteiger partial charge in [-0.2, -0.15) is 0 Å². The van der Waals surface area contributed by atoms with Gasteiger partial charge in [-0.05, 0) is 55.8 Å². The second kappa shape index (κ2) is 13.0. The second-order valence-electron chi connectivity index (χ2n) is 9.84. The largest absolute Gasteiger partial charge is 0.496 e. The van der Waals surface area contributed by atoms with E-state index in [0.717, 1.165) is 0 Å². The highest BCUT2D eigenvalue weighted by Gasteiger charge is 2.52. The van der Waals surface area contributed by atoms with Crippen LogP contribution in [0.1, 0.15) is 51.7 Å². The Balaban J connectivity index is 0.000000293. The van der Waals surface area contributed by atoms with Gasteiger partial charge in [0.1, 0.15) is 0 Å². The van der Waals surface area contributed by atoms with Crippen LogP contribution in [0.15, 0.2) is 39.0 Å². The van der Waals surface area contributed by atoms with Crippen LogP contribution in [0.5, 0.6) is 0 Å². The summed E-state index contributed by atoms with van der Waals surface area (Å²) >= 11 is 3.01. The van der Waals surface area contributed by atoms with E-state index in [-0.39, 0.29) is 28.2 Å². The van der Waals surface area contributed by atoms with E-state index >= 15 is 0 Å². The average Bonchev–Trinajstić information content (AvgIpc) is 3.03. The molecule has 1 fully saturated rings. The third-order valence-electron chi connectivity index (χ3n) is 5.64. The lowest BCUT2D eigenvalue weighted by atomic mass is 9.77. The Morgan fingerprint density at radius 1 is 0.816 bits per heavy atom. The van der Waals surface area contributed by atoms with Crippen molar-refractivity contribution in [2.45, 2.75) is 51.7 Å². The lowest BCUT2D eigenvalue weighted by molar-refractivity contribution is 0.00578. The highest BCUT2D eigenvalue weighted by atomic mass is 79.9. The Bertz CT molecular complexity index is 1130. The van der Waals surface area contributed by atoms with E-state index in [1.807, 2.05) is 27.7 Å². The number of rotatable bonds is 7. The van der Waals surface area contributed by atoms with Gasteiger partial charge in [-0.25, -0.2) is 37.5 Å². The fourth-order valence-corrected chi connectivity index (χ4v) is 3.32. The number of alkyl halides is 4. The van der Waals surface area contributed by atoms with E-state index in [1.165, 1.54) is 37.2 Å². The zero-order valence-electron chi connectivity index (χ0n) is 22.6. The fourth-order valence-electron chi connectivity index (χ4n) is 2.93. The van der Waals surface area contributed by atoms with Crippen LogP contribution in [0.4, 0.5) is 29.2 Å². The van der Waals surface area contributed by atoms with Gasteiger partial charge in [-0.1, -0.05) is 0 Å². The number of pyridine rings is 2. The van der Waals surface area contributed by atoms with Gasteiger partial charge in [0.05, 0.1) is 23.9 Å². The molecule has 2 aromatic heterocycles. The van der Waals surface area contributed by atoms with Crippen molar-refractivity contribution in [3.63, 3.8) is 0 Å². The van der Waals surface area contributed by atoms with Gasteiger partial charge in [0, 0.05) is 61.6 Å². The normalized spacial score (nSPS) is 16.4. The predicted molar refractivity (Wildman–Crippen MR) is 145 cm³/mol. The summed E-state index contributed by atoms with van der Waals surface area (Å²) < 4.78 is 63.8. The third kappa shape index (κ3) is 8.47. The van der Waals surface area contributed by atoms with Crippen LogP contribution < -0.4 is 5.46 Å². The Morgan fingerprint density at radius 2 is 1.24 bits per heavy atom. The molecule has 1 saturated heterocycles. The summed E-state index contributed by atoms with van der Waals surface area (Å²) in [6.45, 7) is 7.49. The molecule has 14 heteroatoms. The van der Waals surface area contributed by atoms with Crippen molar-refractivity contribution in [1.82, 2.24) is 19.8 Å². The van der Waals surface area contributed by atoms with Crippen molar-refractivity contribution in [1.29, 1.82) is 0 Å². The molecule has 0 N–H and O–H groups in total. The van der Waals surface area contributed by atoms with E-state index in [0.29, 0.717) is 4.47 Å². The van der Waals surface area contributed by atoms with Crippen molar-refractivity contribution in [3.05, 3.63) is 40.1 Å².